The fraction of sp³-hybridized carbons (Fsp3) is 0.429. The summed E-state index contributed by atoms with van der Waals surface area (Å²) in [4.78, 5) is 11.6. The van der Waals surface area contributed by atoms with E-state index in [9.17, 15) is 9.18 Å². The van der Waals surface area contributed by atoms with Crippen LogP contribution in [0.2, 0.25) is 5.02 Å². The molecule has 0 heterocycles. The molecular weight excluding hydrogens is 281 g/mol. The Morgan fingerprint density at radius 2 is 2.25 bits per heavy atom. The summed E-state index contributed by atoms with van der Waals surface area (Å²) in [7, 11) is 0. The first-order chi connectivity index (χ1) is 9.60. The maximum atomic E-state index is 13.6. The zero-order valence-electron chi connectivity index (χ0n) is 10.8. The molecule has 1 fully saturated rings. The Kier molecular flexibility index (Phi) is 4.94. The third-order valence-corrected chi connectivity index (χ3v) is 3.67. The molecule has 0 unspecified atom stereocenters. The minimum absolute atomic E-state index is 0.0480. The lowest BCUT2D eigenvalue weighted by Crippen LogP contribution is -2.45. The first kappa shape index (κ1) is 14.8. The lowest BCUT2D eigenvalue weighted by molar-refractivity contribution is -0.120. The molecule has 2 N–H and O–H groups in total. The molecular formula is C14H15ClFN3O. The molecule has 0 atom stereocenters. The number of hydrogen-bond acceptors (Lipinski definition) is 3. The summed E-state index contributed by atoms with van der Waals surface area (Å²) in [6.07, 6.45) is 1.57. The second-order valence-corrected chi connectivity index (χ2v) is 5.27. The van der Waals surface area contributed by atoms with Gasteiger partial charge >= 0.3 is 0 Å². The molecule has 0 saturated heterocycles. The topological polar surface area (TPSA) is 64.9 Å². The minimum Gasteiger partial charge on any atom is -0.351 e. The van der Waals surface area contributed by atoms with Crippen molar-refractivity contribution in [1.29, 1.82) is 5.26 Å². The van der Waals surface area contributed by atoms with Crippen LogP contribution in [0.15, 0.2) is 18.2 Å². The highest BCUT2D eigenvalue weighted by molar-refractivity contribution is 6.30. The highest BCUT2D eigenvalue weighted by Gasteiger charge is 2.28. The zero-order chi connectivity index (χ0) is 14.5. The zero-order valence-corrected chi connectivity index (χ0v) is 11.6. The largest absolute Gasteiger partial charge is 0.351 e. The molecule has 0 aliphatic heterocycles. The monoisotopic (exact) mass is 295 g/mol. The van der Waals surface area contributed by atoms with Gasteiger partial charge in [0.2, 0.25) is 5.91 Å². The van der Waals surface area contributed by atoms with Crippen molar-refractivity contribution in [2.45, 2.75) is 25.4 Å². The summed E-state index contributed by atoms with van der Waals surface area (Å²) in [5, 5.41) is 14.4. The fourth-order valence-electron chi connectivity index (χ4n) is 2.07. The molecule has 1 aromatic carbocycles. The van der Waals surface area contributed by atoms with Gasteiger partial charge in [-0.15, -0.1) is 0 Å². The van der Waals surface area contributed by atoms with Crippen LogP contribution in [0.1, 0.15) is 18.4 Å². The van der Waals surface area contributed by atoms with Crippen LogP contribution in [-0.4, -0.2) is 18.5 Å². The second kappa shape index (κ2) is 6.69. The van der Waals surface area contributed by atoms with E-state index in [0.29, 0.717) is 5.56 Å². The van der Waals surface area contributed by atoms with Crippen LogP contribution in [0.3, 0.4) is 0 Å². The van der Waals surface area contributed by atoms with Gasteiger partial charge in [-0.25, -0.2) is 4.39 Å². The molecule has 1 amide bonds. The SMILES string of the molecule is N#CC1CC(NCC(=O)NCc2cccc(Cl)c2F)C1. The molecule has 6 heteroatoms. The van der Waals surface area contributed by atoms with Crippen molar-refractivity contribution in [3.05, 3.63) is 34.6 Å². The Bertz CT molecular complexity index is 538. The van der Waals surface area contributed by atoms with Crippen LogP contribution in [0.4, 0.5) is 4.39 Å². The van der Waals surface area contributed by atoms with E-state index in [1.807, 2.05) is 0 Å². The van der Waals surface area contributed by atoms with E-state index >= 15 is 0 Å². The summed E-state index contributed by atoms with van der Waals surface area (Å²) in [6, 6.07) is 7.10. The summed E-state index contributed by atoms with van der Waals surface area (Å²) >= 11 is 5.66. The van der Waals surface area contributed by atoms with E-state index in [-0.39, 0.29) is 36.0 Å². The van der Waals surface area contributed by atoms with Crippen molar-refractivity contribution < 1.29 is 9.18 Å². The summed E-state index contributed by atoms with van der Waals surface area (Å²) in [5.74, 6) is -0.598. The maximum absolute atomic E-state index is 13.6. The number of nitrogens with zero attached hydrogens (tertiary/aromatic N) is 1. The van der Waals surface area contributed by atoms with E-state index in [1.54, 1.807) is 12.1 Å². The number of halogens is 2. The van der Waals surface area contributed by atoms with Crippen LogP contribution in [0.25, 0.3) is 0 Å². The average molecular weight is 296 g/mol. The van der Waals surface area contributed by atoms with Crippen LogP contribution >= 0.6 is 11.6 Å². The molecule has 1 aromatic rings. The highest BCUT2D eigenvalue weighted by atomic mass is 35.5. The van der Waals surface area contributed by atoms with Crippen LogP contribution < -0.4 is 10.6 Å². The number of carbonyl (C=O) groups excluding carboxylic acids is 1. The van der Waals surface area contributed by atoms with Crippen molar-refractivity contribution in [3.63, 3.8) is 0 Å². The van der Waals surface area contributed by atoms with Gasteiger partial charge < -0.3 is 10.6 Å². The number of amides is 1. The summed E-state index contributed by atoms with van der Waals surface area (Å²) < 4.78 is 13.6. The van der Waals surface area contributed by atoms with Crippen LogP contribution in [0, 0.1) is 23.1 Å². The van der Waals surface area contributed by atoms with Crippen LogP contribution in [-0.2, 0) is 11.3 Å². The molecule has 1 aliphatic carbocycles. The van der Waals surface area contributed by atoms with Crippen molar-refractivity contribution >= 4 is 17.5 Å². The molecule has 106 valence electrons. The summed E-state index contributed by atoms with van der Waals surface area (Å²) in [6.45, 7) is 0.281. The predicted octanol–water partition coefficient (Wildman–Crippen LogP) is 1.99. The Labute approximate surface area is 121 Å². The van der Waals surface area contributed by atoms with Crippen molar-refractivity contribution in [3.8, 4) is 6.07 Å². The van der Waals surface area contributed by atoms with Crippen LogP contribution in [0.5, 0.6) is 0 Å². The molecule has 20 heavy (non-hydrogen) atoms. The number of carbonyl (C=O) groups is 1. The molecule has 1 saturated carbocycles. The van der Waals surface area contributed by atoms with Gasteiger partial charge in [-0.05, 0) is 18.9 Å². The third-order valence-electron chi connectivity index (χ3n) is 3.38. The molecule has 4 nitrogen and oxygen atoms in total. The summed E-state index contributed by atoms with van der Waals surface area (Å²) in [5.41, 5.74) is 0.360. The third kappa shape index (κ3) is 3.69. The van der Waals surface area contributed by atoms with Gasteiger partial charge in [0, 0.05) is 24.1 Å². The molecule has 1 aliphatic rings. The Morgan fingerprint density at radius 3 is 2.95 bits per heavy atom. The second-order valence-electron chi connectivity index (χ2n) is 4.86. The van der Waals surface area contributed by atoms with E-state index in [0.717, 1.165) is 12.8 Å². The number of rotatable bonds is 5. The highest BCUT2D eigenvalue weighted by Crippen LogP contribution is 2.25. The number of nitrogens with one attached hydrogen (secondary N) is 2. The van der Waals surface area contributed by atoms with E-state index < -0.39 is 5.82 Å². The minimum atomic E-state index is -0.502. The van der Waals surface area contributed by atoms with Crippen molar-refractivity contribution in [2.24, 2.45) is 5.92 Å². The quantitative estimate of drug-likeness (QED) is 0.873. The Hall–Kier alpha value is -1.64. The Balaban J connectivity index is 1.70. The van der Waals surface area contributed by atoms with Gasteiger partial charge in [-0.1, -0.05) is 23.7 Å². The van der Waals surface area contributed by atoms with Gasteiger partial charge in [-0.2, -0.15) is 5.26 Å². The number of benzene rings is 1. The van der Waals surface area contributed by atoms with Gasteiger partial charge in [0.1, 0.15) is 5.82 Å². The predicted molar refractivity (Wildman–Crippen MR) is 73.4 cm³/mol. The standard InChI is InChI=1S/C14H15ClFN3O/c15-12-3-1-2-10(14(12)16)7-19-13(20)8-18-11-4-9(5-11)6-17/h1-3,9,11,18H,4-5,7-8H2,(H,19,20). The van der Waals surface area contributed by atoms with Gasteiger partial charge in [0.05, 0.1) is 17.6 Å². The smallest absolute Gasteiger partial charge is 0.234 e. The lowest BCUT2D eigenvalue weighted by atomic mass is 9.81. The number of nitriles is 1. The Morgan fingerprint density at radius 1 is 1.50 bits per heavy atom. The first-order valence-corrected chi connectivity index (χ1v) is 6.80. The normalized spacial score (nSPS) is 20.9. The van der Waals surface area contributed by atoms with Gasteiger partial charge in [0.15, 0.2) is 0 Å². The molecule has 0 radical (unpaired) electrons. The average Bonchev–Trinajstić information content (AvgIpc) is 2.39. The van der Waals surface area contributed by atoms with E-state index in [2.05, 4.69) is 16.7 Å². The lowest BCUT2D eigenvalue weighted by Gasteiger charge is -2.31. The van der Waals surface area contributed by atoms with Crippen molar-refractivity contribution in [1.82, 2.24) is 10.6 Å². The fourth-order valence-corrected chi connectivity index (χ4v) is 2.26. The van der Waals surface area contributed by atoms with Gasteiger partial charge in [-0.3, -0.25) is 4.79 Å². The maximum Gasteiger partial charge on any atom is 0.234 e. The molecule has 0 bridgehead atoms. The van der Waals surface area contributed by atoms with E-state index in [1.165, 1.54) is 6.07 Å². The van der Waals surface area contributed by atoms with E-state index in [4.69, 9.17) is 16.9 Å². The van der Waals surface area contributed by atoms with Gasteiger partial charge in [0.25, 0.3) is 0 Å². The molecule has 0 spiro atoms. The van der Waals surface area contributed by atoms with Crippen molar-refractivity contribution in [2.75, 3.05) is 6.54 Å². The molecule has 0 aromatic heterocycles. The first-order valence-electron chi connectivity index (χ1n) is 6.42. The number of hydrogen-bond donors (Lipinski definition) is 2. The molecule has 2 rings (SSSR count).